The van der Waals surface area contributed by atoms with Crippen LogP contribution in [-0.2, 0) is 0 Å². The van der Waals surface area contributed by atoms with Gasteiger partial charge in [-0.3, -0.25) is 4.79 Å². The molecule has 37 heavy (non-hydrogen) atoms. The van der Waals surface area contributed by atoms with Gasteiger partial charge in [-0.15, -0.1) is 0 Å². The summed E-state index contributed by atoms with van der Waals surface area (Å²) in [6.07, 6.45) is 2.82. The number of urea groups is 1. The van der Waals surface area contributed by atoms with Crippen LogP contribution >= 0.6 is 0 Å². The lowest BCUT2D eigenvalue weighted by molar-refractivity contribution is 0.0356. The first-order valence-electron chi connectivity index (χ1n) is 12.5. The number of benzene rings is 1. The number of nitrogens with one attached hydrogen (secondary N) is 1. The van der Waals surface area contributed by atoms with Crippen LogP contribution in [0.4, 0.5) is 10.5 Å². The number of carbonyl (C=O) groups is 2. The number of rotatable bonds is 7. The van der Waals surface area contributed by atoms with Gasteiger partial charge in [0, 0.05) is 37.7 Å². The molecule has 198 valence electrons. The van der Waals surface area contributed by atoms with Crippen LogP contribution < -0.4 is 14.8 Å². The molecule has 0 aliphatic carbocycles. The van der Waals surface area contributed by atoms with Gasteiger partial charge in [0.15, 0.2) is 0 Å². The molecule has 9 nitrogen and oxygen atoms in total. The number of hydrogen-bond donors (Lipinski definition) is 2. The topological polar surface area (TPSA) is 104 Å². The van der Waals surface area contributed by atoms with Gasteiger partial charge in [0.2, 0.25) is 5.88 Å². The van der Waals surface area contributed by atoms with Crippen LogP contribution in [-0.4, -0.2) is 77.8 Å². The zero-order valence-electron chi connectivity index (χ0n) is 22.2. The molecule has 2 N–H and O–H groups in total. The zero-order chi connectivity index (χ0) is 26.9. The largest absolute Gasteiger partial charge is 0.495 e. The van der Waals surface area contributed by atoms with Gasteiger partial charge in [-0.05, 0) is 31.5 Å². The second-order valence-corrected chi connectivity index (χ2v) is 9.26. The standard InChI is InChI=1S/C28H36N4O5/c1-6-7-8-11-21-14-22-26(29-15-21)37-25(19(2)16-32(27(22)34)20(3)18-33)17-31(4)28(35)30-23-12-9-10-13-24(23)36-5/h9-10,12-15,19-20,25,33H,6-7,16-18H2,1-5H3,(H,30,35)/t19-,20+,25-/m0/s1. The van der Waals surface area contributed by atoms with Crippen LogP contribution in [0, 0.1) is 17.8 Å². The number of fused-ring (bicyclic) bond motifs is 1. The minimum atomic E-state index is -0.460. The molecule has 0 spiro atoms. The molecule has 0 saturated heterocycles. The summed E-state index contributed by atoms with van der Waals surface area (Å²) in [5, 5.41) is 12.7. The number of pyridine rings is 1. The van der Waals surface area contributed by atoms with Crippen LogP contribution in [0.2, 0.25) is 0 Å². The molecule has 3 atom stereocenters. The van der Waals surface area contributed by atoms with Crippen molar-refractivity contribution in [1.29, 1.82) is 0 Å². The molecule has 0 radical (unpaired) electrons. The second-order valence-electron chi connectivity index (χ2n) is 9.26. The molecule has 9 heteroatoms. The number of aliphatic hydroxyl groups excluding tert-OH is 1. The first-order valence-corrected chi connectivity index (χ1v) is 12.5. The van der Waals surface area contributed by atoms with E-state index in [-0.39, 0.29) is 36.9 Å². The lowest BCUT2D eigenvalue weighted by Gasteiger charge is -2.37. The Morgan fingerprint density at radius 1 is 1.41 bits per heavy atom. The monoisotopic (exact) mass is 508 g/mol. The van der Waals surface area contributed by atoms with Crippen molar-refractivity contribution < 1.29 is 24.2 Å². The lowest BCUT2D eigenvalue weighted by atomic mass is 10.00. The van der Waals surface area contributed by atoms with Gasteiger partial charge in [0.25, 0.3) is 5.91 Å². The second kappa shape index (κ2) is 13.0. The van der Waals surface area contributed by atoms with Crippen molar-refractivity contribution in [2.24, 2.45) is 5.92 Å². The van der Waals surface area contributed by atoms with Crippen LogP contribution in [0.3, 0.4) is 0 Å². The number of methoxy groups -OCH3 is 1. The van der Waals surface area contributed by atoms with E-state index in [1.807, 2.05) is 26.0 Å². The number of anilines is 1. The maximum atomic E-state index is 13.5. The van der Waals surface area contributed by atoms with Gasteiger partial charge in [0.05, 0.1) is 32.0 Å². The van der Waals surface area contributed by atoms with Gasteiger partial charge in [-0.1, -0.05) is 37.8 Å². The number of likely N-dealkylation sites (N-methyl/N-ethyl adjacent to an activating group) is 1. The summed E-state index contributed by atoms with van der Waals surface area (Å²) in [6, 6.07) is 8.14. The maximum absolute atomic E-state index is 13.5. The Morgan fingerprint density at radius 2 is 2.16 bits per heavy atom. The average Bonchev–Trinajstić information content (AvgIpc) is 2.90. The van der Waals surface area contributed by atoms with Crippen molar-refractivity contribution in [3.63, 3.8) is 0 Å². The zero-order valence-corrected chi connectivity index (χ0v) is 22.2. The predicted octanol–water partition coefficient (Wildman–Crippen LogP) is 3.63. The van der Waals surface area contributed by atoms with Crippen molar-refractivity contribution in [3.8, 4) is 23.5 Å². The van der Waals surface area contributed by atoms with E-state index in [1.165, 1.54) is 4.90 Å². The number of carbonyl (C=O) groups excluding carboxylic acids is 2. The molecule has 3 amide bonds. The van der Waals surface area contributed by atoms with E-state index in [0.717, 1.165) is 12.8 Å². The Bertz CT molecular complexity index is 1160. The molecule has 1 aliphatic heterocycles. The Kier molecular flexibility index (Phi) is 9.75. The highest BCUT2D eigenvalue weighted by Gasteiger charge is 2.34. The summed E-state index contributed by atoms with van der Waals surface area (Å²) < 4.78 is 11.6. The summed E-state index contributed by atoms with van der Waals surface area (Å²) in [5.41, 5.74) is 1.48. The summed E-state index contributed by atoms with van der Waals surface area (Å²) >= 11 is 0. The van der Waals surface area contributed by atoms with Gasteiger partial charge in [-0.2, -0.15) is 0 Å². The van der Waals surface area contributed by atoms with Crippen LogP contribution in [0.1, 0.15) is 49.5 Å². The van der Waals surface area contributed by atoms with E-state index in [4.69, 9.17) is 9.47 Å². The highest BCUT2D eigenvalue weighted by atomic mass is 16.5. The van der Waals surface area contributed by atoms with Crippen molar-refractivity contribution in [3.05, 3.63) is 47.7 Å². The fraction of sp³-hybridized carbons (Fsp3) is 0.464. The first-order chi connectivity index (χ1) is 17.8. The lowest BCUT2D eigenvalue weighted by Crippen LogP contribution is -2.50. The average molecular weight is 509 g/mol. The first kappa shape index (κ1) is 27.8. The van der Waals surface area contributed by atoms with Crippen molar-refractivity contribution in [2.45, 2.75) is 45.8 Å². The van der Waals surface area contributed by atoms with Crippen molar-refractivity contribution in [1.82, 2.24) is 14.8 Å². The number of nitrogens with zero attached hydrogens (tertiary/aromatic N) is 3. The molecular weight excluding hydrogens is 472 g/mol. The molecule has 1 aromatic carbocycles. The number of hydrogen-bond acceptors (Lipinski definition) is 6. The smallest absolute Gasteiger partial charge is 0.321 e. The minimum absolute atomic E-state index is 0.154. The molecule has 2 aromatic rings. The molecule has 1 aliphatic rings. The number of unbranched alkanes of at least 4 members (excludes halogenated alkanes) is 1. The molecule has 0 saturated carbocycles. The SMILES string of the molecule is CCCC#Cc1cnc2c(c1)C(=O)N([C@H](C)CO)C[C@H](C)[C@H](CN(C)C(=O)Nc1ccccc1OC)O2. The highest BCUT2D eigenvalue weighted by Crippen LogP contribution is 2.28. The third kappa shape index (κ3) is 6.92. The molecule has 2 heterocycles. The molecular formula is C28H36N4O5. The van der Waals surface area contributed by atoms with E-state index < -0.39 is 12.1 Å². The van der Waals surface area contributed by atoms with Gasteiger partial charge >= 0.3 is 6.03 Å². The molecule has 0 fully saturated rings. The summed E-state index contributed by atoms with van der Waals surface area (Å²) in [7, 11) is 3.23. The van der Waals surface area contributed by atoms with Gasteiger partial charge in [0.1, 0.15) is 17.4 Å². The third-order valence-electron chi connectivity index (χ3n) is 6.28. The summed E-state index contributed by atoms with van der Waals surface area (Å²) in [6.45, 7) is 6.22. The molecule has 0 unspecified atom stereocenters. The fourth-order valence-corrected chi connectivity index (χ4v) is 3.99. The van der Waals surface area contributed by atoms with Crippen LogP contribution in [0.15, 0.2) is 36.5 Å². The van der Waals surface area contributed by atoms with E-state index in [0.29, 0.717) is 29.1 Å². The number of ether oxygens (including phenoxy) is 2. The van der Waals surface area contributed by atoms with E-state index in [2.05, 4.69) is 22.1 Å². The van der Waals surface area contributed by atoms with Gasteiger partial charge in [-0.25, -0.2) is 9.78 Å². The molecule has 1 aromatic heterocycles. The molecule has 0 bridgehead atoms. The Morgan fingerprint density at radius 3 is 2.86 bits per heavy atom. The van der Waals surface area contributed by atoms with Gasteiger partial charge < -0.3 is 29.7 Å². The molecule has 3 rings (SSSR count). The Labute approximate surface area is 218 Å². The van der Waals surface area contributed by atoms with Crippen LogP contribution in [0.25, 0.3) is 0 Å². The Balaban J connectivity index is 1.87. The Hall–Kier alpha value is -3.77. The number of amides is 3. The highest BCUT2D eigenvalue weighted by molar-refractivity contribution is 5.97. The van der Waals surface area contributed by atoms with E-state index >= 15 is 0 Å². The van der Waals surface area contributed by atoms with E-state index in [1.54, 1.807) is 50.4 Å². The number of para-hydroxylation sites is 2. The maximum Gasteiger partial charge on any atom is 0.321 e. The number of aromatic nitrogens is 1. The predicted molar refractivity (Wildman–Crippen MR) is 142 cm³/mol. The van der Waals surface area contributed by atoms with Crippen LogP contribution in [0.5, 0.6) is 11.6 Å². The normalized spacial score (nSPS) is 17.8. The van der Waals surface area contributed by atoms with E-state index in [9.17, 15) is 14.7 Å². The quantitative estimate of drug-likeness (QED) is 0.554. The van der Waals surface area contributed by atoms with Crippen molar-refractivity contribution in [2.75, 3.05) is 39.2 Å². The summed E-state index contributed by atoms with van der Waals surface area (Å²) in [4.78, 5) is 34.0. The minimum Gasteiger partial charge on any atom is -0.495 e. The fourth-order valence-electron chi connectivity index (χ4n) is 3.99. The van der Waals surface area contributed by atoms with Crippen molar-refractivity contribution >= 4 is 17.6 Å². The number of aliphatic hydroxyl groups is 1. The third-order valence-corrected chi connectivity index (χ3v) is 6.28. The summed E-state index contributed by atoms with van der Waals surface area (Å²) in [5.74, 6) is 6.45.